The molecular weight excluding hydrogens is 639 g/mol. The van der Waals surface area contributed by atoms with Crippen molar-refractivity contribution in [2.75, 3.05) is 0 Å². The SMILES string of the molecule is [C-]#[N+]C1=C(c2cc(C)cc(C)c2)/C(=C(/C#N)[N+]#[C-])c2c(C#N)c3c(c(C#N)c21)C(C#N)=C(c1ccc(C#N)c(C(F)(F)F)c1)/C3=C(\C#N)[N+]#[C-]. The van der Waals surface area contributed by atoms with Crippen molar-refractivity contribution >= 4 is 33.6 Å². The van der Waals surface area contributed by atoms with Crippen LogP contribution in [0.5, 0.6) is 0 Å². The molecule has 0 saturated carbocycles. The highest BCUT2D eigenvalue weighted by Crippen LogP contribution is 2.58. The minimum absolute atomic E-state index is 0.0619. The fraction of sp³-hybridized carbons (Fsp3) is 0.0789. The van der Waals surface area contributed by atoms with Gasteiger partial charge in [-0.05, 0) is 59.4 Å². The normalized spacial score (nSPS) is 14.6. The average molecular weight is 652 g/mol. The van der Waals surface area contributed by atoms with Gasteiger partial charge < -0.3 is 0 Å². The Balaban J connectivity index is 2.12. The van der Waals surface area contributed by atoms with E-state index in [2.05, 4.69) is 14.5 Å². The summed E-state index contributed by atoms with van der Waals surface area (Å²) in [7, 11) is 0. The Morgan fingerprint density at radius 1 is 0.640 bits per heavy atom. The van der Waals surface area contributed by atoms with Gasteiger partial charge in [-0.15, -0.1) is 0 Å². The molecule has 50 heavy (non-hydrogen) atoms. The number of alkyl halides is 3. The van der Waals surface area contributed by atoms with E-state index in [0.717, 1.165) is 23.3 Å². The molecule has 2 aliphatic carbocycles. The first-order chi connectivity index (χ1) is 23.9. The van der Waals surface area contributed by atoms with Crippen LogP contribution in [0.3, 0.4) is 0 Å². The number of hydrogen-bond acceptors (Lipinski definition) is 6. The predicted octanol–water partition coefficient (Wildman–Crippen LogP) is 8.49. The lowest BCUT2D eigenvalue weighted by molar-refractivity contribution is -0.137. The first kappa shape index (κ1) is 33.2. The van der Waals surface area contributed by atoms with Gasteiger partial charge in [-0.2, -0.15) is 34.2 Å². The highest BCUT2D eigenvalue weighted by atomic mass is 19.4. The van der Waals surface area contributed by atoms with Crippen LogP contribution in [0.4, 0.5) is 13.2 Å². The van der Waals surface area contributed by atoms with Crippen LogP contribution < -0.4 is 0 Å². The molecule has 5 rings (SSSR count). The third kappa shape index (κ3) is 4.71. The molecule has 3 aromatic rings. The van der Waals surface area contributed by atoms with Crippen molar-refractivity contribution in [3.8, 4) is 36.4 Å². The van der Waals surface area contributed by atoms with E-state index in [1.54, 1.807) is 38.1 Å². The van der Waals surface area contributed by atoms with Gasteiger partial charge in [0.1, 0.15) is 12.1 Å². The highest BCUT2D eigenvalue weighted by molar-refractivity contribution is 6.31. The highest BCUT2D eigenvalue weighted by Gasteiger charge is 2.44. The molecule has 0 aromatic heterocycles. The van der Waals surface area contributed by atoms with Gasteiger partial charge >= 0.3 is 6.18 Å². The summed E-state index contributed by atoms with van der Waals surface area (Å²) in [5.41, 5.74) is -5.37. The zero-order valence-corrected chi connectivity index (χ0v) is 25.6. The zero-order chi connectivity index (χ0) is 36.7. The van der Waals surface area contributed by atoms with Crippen LogP contribution in [-0.2, 0) is 6.18 Å². The molecule has 9 nitrogen and oxygen atoms in total. The first-order valence-corrected chi connectivity index (χ1v) is 14.0. The molecule has 0 saturated heterocycles. The molecule has 0 amide bonds. The van der Waals surface area contributed by atoms with Gasteiger partial charge in [-0.1, -0.05) is 35.4 Å². The maximum Gasteiger partial charge on any atom is 0.417 e. The van der Waals surface area contributed by atoms with E-state index in [1.165, 1.54) is 6.07 Å². The molecule has 12 heteroatoms. The Morgan fingerprint density at radius 2 is 1.18 bits per heavy atom. The molecule has 0 radical (unpaired) electrons. The summed E-state index contributed by atoms with van der Waals surface area (Å²) < 4.78 is 42.3. The minimum Gasteiger partial charge on any atom is -0.237 e. The van der Waals surface area contributed by atoms with Crippen molar-refractivity contribution in [1.29, 1.82) is 31.6 Å². The lowest BCUT2D eigenvalue weighted by atomic mass is 9.83. The van der Waals surface area contributed by atoms with Gasteiger partial charge in [-0.25, -0.2) is 25.1 Å². The molecule has 0 unspecified atom stereocenters. The summed E-state index contributed by atoms with van der Waals surface area (Å²) in [6.07, 6.45) is -5.04. The van der Waals surface area contributed by atoms with E-state index in [0.29, 0.717) is 11.6 Å². The summed E-state index contributed by atoms with van der Waals surface area (Å²) in [6, 6.07) is 18.4. The zero-order valence-electron chi connectivity index (χ0n) is 25.6. The number of allylic oxidation sites excluding steroid dienone is 7. The number of nitriles is 6. The topological polar surface area (TPSA) is 156 Å². The maximum absolute atomic E-state index is 14.1. The smallest absolute Gasteiger partial charge is 0.237 e. The monoisotopic (exact) mass is 651 g/mol. The minimum atomic E-state index is -5.04. The van der Waals surface area contributed by atoms with Gasteiger partial charge in [-0.3, -0.25) is 0 Å². The van der Waals surface area contributed by atoms with Gasteiger partial charge in [0, 0.05) is 22.3 Å². The lowest BCUT2D eigenvalue weighted by Crippen LogP contribution is -2.08. The molecular formula is C38H12F3N9. The van der Waals surface area contributed by atoms with Crippen molar-refractivity contribution in [2.45, 2.75) is 20.0 Å². The van der Waals surface area contributed by atoms with Crippen molar-refractivity contribution in [1.82, 2.24) is 0 Å². The Labute approximate surface area is 283 Å². The fourth-order valence-corrected chi connectivity index (χ4v) is 6.40. The molecule has 230 valence electrons. The number of nitrogens with zero attached hydrogens (tertiary/aromatic N) is 9. The summed E-state index contributed by atoms with van der Waals surface area (Å²) >= 11 is 0. The van der Waals surface area contributed by atoms with Crippen LogP contribution in [0.25, 0.3) is 48.1 Å². The Morgan fingerprint density at radius 3 is 1.64 bits per heavy atom. The average Bonchev–Trinajstić information content (AvgIpc) is 3.61. The molecule has 0 N–H and O–H groups in total. The van der Waals surface area contributed by atoms with Gasteiger partial charge in [0.05, 0.1) is 71.8 Å². The second kappa shape index (κ2) is 12.2. The first-order valence-electron chi connectivity index (χ1n) is 14.0. The van der Waals surface area contributed by atoms with Crippen LogP contribution in [0, 0.1) is 102 Å². The van der Waals surface area contributed by atoms with E-state index in [1.807, 2.05) is 24.3 Å². The molecule has 0 fully saturated rings. The summed E-state index contributed by atoms with van der Waals surface area (Å²) in [4.78, 5) is 10.3. The Kier molecular flexibility index (Phi) is 8.10. The predicted molar refractivity (Wildman–Crippen MR) is 172 cm³/mol. The van der Waals surface area contributed by atoms with Gasteiger partial charge in [0.25, 0.3) is 11.4 Å². The number of hydrogen-bond donors (Lipinski definition) is 0. The summed E-state index contributed by atoms with van der Waals surface area (Å²) in [6.45, 7) is 27.4. The standard InChI is InChI=1S/C38H12F3N9/c1-18-8-19(2)10-22(9-18)30-36(28(17-47)49-4)33-25(15-45)32-31(24(14-44)34(33)37(30)50-5)23(13-43)29(35(32)27(16-46)48-3)20-6-7-21(12-42)26(11-20)38(39,40)41/h6-11H,1-2H3/b35-27-,36-28+. The van der Waals surface area contributed by atoms with Crippen LogP contribution in [0.15, 0.2) is 47.8 Å². The van der Waals surface area contributed by atoms with E-state index in [9.17, 15) is 44.7 Å². The van der Waals surface area contributed by atoms with E-state index >= 15 is 0 Å². The van der Waals surface area contributed by atoms with E-state index in [4.69, 9.17) is 19.7 Å². The number of benzene rings is 3. The van der Waals surface area contributed by atoms with Crippen molar-refractivity contribution < 1.29 is 13.2 Å². The second-order valence-electron chi connectivity index (χ2n) is 10.8. The summed E-state index contributed by atoms with van der Waals surface area (Å²) in [5, 5.41) is 61.6. The number of fused-ring (bicyclic) bond motifs is 2. The van der Waals surface area contributed by atoms with Crippen molar-refractivity contribution in [3.63, 3.8) is 0 Å². The maximum atomic E-state index is 14.1. The van der Waals surface area contributed by atoms with E-state index < -0.39 is 51.0 Å². The number of rotatable bonds is 2. The van der Waals surface area contributed by atoms with Crippen LogP contribution in [0.2, 0.25) is 0 Å². The van der Waals surface area contributed by atoms with Crippen molar-refractivity contribution in [2.24, 2.45) is 0 Å². The van der Waals surface area contributed by atoms with Gasteiger partial charge in [0.15, 0.2) is 0 Å². The fourth-order valence-electron chi connectivity index (χ4n) is 6.40. The quantitative estimate of drug-likeness (QED) is 0.200. The Bertz CT molecular complexity index is 2640. The van der Waals surface area contributed by atoms with Gasteiger partial charge in [0.2, 0.25) is 5.70 Å². The molecule has 0 bridgehead atoms. The number of halogens is 3. The molecule has 0 atom stereocenters. The van der Waals surface area contributed by atoms with Crippen molar-refractivity contribution in [3.05, 3.63) is 149 Å². The number of aryl methyl sites for hydroxylation is 2. The third-order valence-electron chi connectivity index (χ3n) is 8.07. The van der Waals surface area contributed by atoms with Crippen LogP contribution in [-0.4, -0.2) is 0 Å². The molecule has 0 aliphatic heterocycles. The summed E-state index contributed by atoms with van der Waals surface area (Å²) in [5.74, 6) is 0. The van der Waals surface area contributed by atoms with E-state index in [-0.39, 0.29) is 50.2 Å². The van der Waals surface area contributed by atoms with Crippen LogP contribution in [0.1, 0.15) is 66.8 Å². The van der Waals surface area contributed by atoms with Crippen LogP contribution >= 0.6 is 0 Å². The molecule has 0 heterocycles. The Hall–Kier alpha value is -8.18. The third-order valence-corrected chi connectivity index (χ3v) is 8.07. The molecule has 3 aromatic carbocycles. The molecule has 2 aliphatic rings. The second-order valence-corrected chi connectivity index (χ2v) is 10.8. The lowest BCUT2D eigenvalue weighted by Gasteiger charge is -2.17. The molecule has 0 spiro atoms. The largest absolute Gasteiger partial charge is 0.417 e.